The zero-order valence-corrected chi connectivity index (χ0v) is 13.9. The molecule has 0 unspecified atom stereocenters. The molecule has 2 rings (SSSR count). The number of hydrogen-bond donors (Lipinski definition) is 0. The molecule has 0 atom stereocenters. The molecule has 0 aliphatic carbocycles. The molecular formula is C17H21NS2. The van der Waals surface area contributed by atoms with E-state index in [2.05, 4.69) is 51.5 Å². The van der Waals surface area contributed by atoms with Gasteiger partial charge in [-0.15, -0.1) is 4.20 Å². The molecule has 0 radical (unpaired) electrons. The Kier molecular flexibility index (Phi) is 6.79. The summed E-state index contributed by atoms with van der Waals surface area (Å²) in [5.41, 5.74) is 2.36. The van der Waals surface area contributed by atoms with E-state index in [1.54, 1.807) is 0 Å². The molecule has 0 heterocycles. The molecule has 1 nitrogen and oxygen atoms in total. The van der Waals surface area contributed by atoms with Crippen LogP contribution in [0.2, 0.25) is 0 Å². The highest BCUT2D eigenvalue weighted by Crippen LogP contribution is 2.05. The third-order valence-corrected chi connectivity index (χ3v) is 2.98. The Morgan fingerprint density at radius 3 is 1.70 bits per heavy atom. The highest BCUT2D eigenvalue weighted by atomic mass is 32.1. The summed E-state index contributed by atoms with van der Waals surface area (Å²) in [6.07, 6.45) is 0. The highest BCUT2D eigenvalue weighted by Gasteiger charge is 2.06. The fourth-order valence-corrected chi connectivity index (χ4v) is 1.98. The van der Waals surface area contributed by atoms with Crippen molar-refractivity contribution < 1.29 is 4.48 Å². The van der Waals surface area contributed by atoms with Gasteiger partial charge in [-0.05, 0) is 5.56 Å². The monoisotopic (exact) mass is 303 g/mol. The highest BCUT2D eigenvalue weighted by molar-refractivity contribution is 8.01. The molecule has 0 saturated heterocycles. The molecule has 0 amide bonds. The van der Waals surface area contributed by atoms with Gasteiger partial charge >= 0.3 is 0 Å². The standard InChI is InChI=1S/C10H16N.C7H6S2/c1-11(2,3)9-10-7-5-4-6-8-10;8-7(9)6-4-2-1-3-5-6/h4-8H,9H2,1-3H3;1-5H,(H,8,9)/q+1;/p-1. The van der Waals surface area contributed by atoms with Crippen LogP contribution in [-0.2, 0) is 19.2 Å². The minimum Gasteiger partial charge on any atom is -0.428 e. The van der Waals surface area contributed by atoms with E-state index < -0.39 is 0 Å². The lowest BCUT2D eigenvalue weighted by Crippen LogP contribution is -2.33. The van der Waals surface area contributed by atoms with Gasteiger partial charge in [0.15, 0.2) is 0 Å². The van der Waals surface area contributed by atoms with Crippen molar-refractivity contribution in [3.8, 4) is 0 Å². The molecular weight excluding hydrogens is 282 g/mol. The molecule has 2 aromatic carbocycles. The quantitative estimate of drug-likeness (QED) is 0.480. The molecule has 0 spiro atoms. The summed E-state index contributed by atoms with van der Waals surface area (Å²) in [5, 5.41) is 0. The number of hydrogen-bond acceptors (Lipinski definition) is 2. The Balaban J connectivity index is 0.000000204. The van der Waals surface area contributed by atoms with Crippen LogP contribution in [0.1, 0.15) is 11.1 Å². The smallest absolute Gasteiger partial charge is 0.104 e. The summed E-state index contributed by atoms with van der Waals surface area (Å²) in [5.74, 6) is 0. The van der Waals surface area contributed by atoms with Gasteiger partial charge in [0.05, 0.1) is 21.1 Å². The van der Waals surface area contributed by atoms with Gasteiger partial charge in [0.25, 0.3) is 0 Å². The van der Waals surface area contributed by atoms with Gasteiger partial charge in [0.2, 0.25) is 0 Å². The second kappa shape index (κ2) is 8.10. The fraction of sp³-hybridized carbons (Fsp3) is 0.235. The molecule has 0 N–H and O–H groups in total. The van der Waals surface area contributed by atoms with Gasteiger partial charge < -0.3 is 29.3 Å². The predicted octanol–water partition coefficient (Wildman–Crippen LogP) is 3.80. The van der Waals surface area contributed by atoms with E-state index in [0.717, 1.165) is 16.6 Å². The topological polar surface area (TPSA) is 0 Å². The summed E-state index contributed by atoms with van der Waals surface area (Å²) in [7, 11) is 6.60. The van der Waals surface area contributed by atoms with Gasteiger partial charge in [-0.1, -0.05) is 60.7 Å². The molecule has 2 aromatic rings. The van der Waals surface area contributed by atoms with E-state index in [4.69, 9.17) is 24.8 Å². The van der Waals surface area contributed by atoms with Gasteiger partial charge in [0, 0.05) is 5.56 Å². The Morgan fingerprint density at radius 2 is 1.35 bits per heavy atom. The second-order valence-corrected chi connectivity index (χ2v) is 6.66. The van der Waals surface area contributed by atoms with Crippen LogP contribution in [0.25, 0.3) is 0 Å². The fourth-order valence-electron chi connectivity index (χ4n) is 1.71. The maximum atomic E-state index is 4.78. The van der Waals surface area contributed by atoms with Crippen LogP contribution in [0.3, 0.4) is 0 Å². The van der Waals surface area contributed by atoms with Crippen molar-refractivity contribution in [1.82, 2.24) is 0 Å². The number of thiocarbonyl (C=S) groups is 1. The zero-order chi connectivity index (χ0) is 15.0. The van der Waals surface area contributed by atoms with Crippen molar-refractivity contribution in [2.24, 2.45) is 0 Å². The van der Waals surface area contributed by atoms with E-state index in [0.29, 0.717) is 4.20 Å². The first kappa shape index (κ1) is 16.8. The second-order valence-electron chi connectivity index (χ2n) is 5.59. The minimum absolute atomic E-state index is 0.538. The van der Waals surface area contributed by atoms with Crippen molar-refractivity contribution in [3.05, 3.63) is 71.8 Å². The van der Waals surface area contributed by atoms with E-state index in [1.807, 2.05) is 30.3 Å². The Labute approximate surface area is 133 Å². The van der Waals surface area contributed by atoms with E-state index in [9.17, 15) is 0 Å². The first-order chi connectivity index (χ1) is 9.38. The maximum absolute atomic E-state index is 4.78. The zero-order valence-electron chi connectivity index (χ0n) is 12.2. The van der Waals surface area contributed by atoms with Crippen LogP contribution in [-0.4, -0.2) is 29.8 Å². The van der Waals surface area contributed by atoms with Gasteiger partial charge in [-0.25, -0.2) is 0 Å². The summed E-state index contributed by atoms with van der Waals surface area (Å²) in [6, 6.07) is 20.2. The summed E-state index contributed by atoms with van der Waals surface area (Å²) in [6.45, 7) is 1.10. The van der Waals surface area contributed by atoms with E-state index in [-0.39, 0.29) is 0 Å². The van der Waals surface area contributed by atoms with Crippen molar-refractivity contribution in [3.63, 3.8) is 0 Å². The first-order valence-electron chi connectivity index (χ1n) is 6.49. The number of benzene rings is 2. The molecule has 3 heteroatoms. The summed E-state index contributed by atoms with van der Waals surface area (Å²) < 4.78 is 1.53. The molecule has 20 heavy (non-hydrogen) atoms. The average Bonchev–Trinajstić information content (AvgIpc) is 2.40. The minimum atomic E-state index is 0.538. The number of nitrogens with zero attached hydrogens (tertiary/aromatic N) is 1. The van der Waals surface area contributed by atoms with Gasteiger partial charge in [-0.2, -0.15) is 0 Å². The van der Waals surface area contributed by atoms with Gasteiger partial charge in [0.1, 0.15) is 6.54 Å². The largest absolute Gasteiger partial charge is 0.428 e. The van der Waals surface area contributed by atoms with E-state index in [1.165, 1.54) is 5.56 Å². The molecule has 0 aliphatic heterocycles. The molecule has 106 valence electrons. The lowest BCUT2D eigenvalue weighted by molar-refractivity contribution is -0.884. The number of rotatable bonds is 3. The molecule has 0 saturated carbocycles. The molecule has 0 bridgehead atoms. The molecule has 0 fully saturated rings. The third-order valence-electron chi connectivity index (χ3n) is 2.51. The van der Waals surface area contributed by atoms with Crippen LogP contribution in [0.5, 0.6) is 0 Å². The van der Waals surface area contributed by atoms with Crippen molar-refractivity contribution >= 4 is 29.0 Å². The first-order valence-corrected chi connectivity index (χ1v) is 7.31. The maximum Gasteiger partial charge on any atom is 0.104 e. The Morgan fingerprint density at radius 1 is 0.900 bits per heavy atom. The van der Waals surface area contributed by atoms with Crippen LogP contribution in [0, 0.1) is 0 Å². The van der Waals surface area contributed by atoms with Crippen molar-refractivity contribution in [2.75, 3.05) is 21.1 Å². The molecule has 0 aromatic heterocycles. The average molecular weight is 303 g/mol. The van der Waals surface area contributed by atoms with Crippen molar-refractivity contribution in [1.29, 1.82) is 0 Å². The van der Waals surface area contributed by atoms with Crippen LogP contribution < -0.4 is 0 Å². The third kappa shape index (κ3) is 7.34. The molecule has 0 aliphatic rings. The lowest BCUT2D eigenvalue weighted by Gasteiger charge is -2.23. The number of quaternary nitrogens is 1. The van der Waals surface area contributed by atoms with Crippen LogP contribution in [0.4, 0.5) is 0 Å². The lowest BCUT2D eigenvalue weighted by atomic mass is 10.2. The van der Waals surface area contributed by atoms with Crippen molar-refractivity contribution in [2.45, 2.75) is 6.54 Å². The predicted molar refractivity (Wildman–Crippen MR) is 93.7 cm³/mol. The Hall–Kier alpha value is -1.29. The normalized spacial score (nSPS) is 10.3. The van der Waals surface area contributed by atoms with Crippen LogP contribution >= 0.6 is 12.2 Å². The summed E-state index contributed by atoms with van der Waals surface area (Å²) in [4.78, 5) is 0. The van der Waals surface area contributed by atoms with E-state index >= 15 is 0 Å². The SMILES string of the molecule is C[N+](C)(C)Cc1ccccc1.S=C([S-])c1ccccc1. The Bertz CT molecular complexity index is 516. The van der Waals surface area contributed by atoms with Crippen LogP contribution in [0.15, 0.2) is 60.7 Å². The summed E-state index contributed by atoms with van der Waals surface area (Å²) >= 11 is 9.55. The van der Waals surface area contributed by atoms with Gasteiger partial charge in [-0.3, -0.25) is 0 Å².